The van der Waals surface area contributed by atoms with Gasteiger partial charge < -0.3 is 10.7 Å². The minimum atomic E-state index is -0.390. The molecule has 0 aromatic rings. The number of hydrogen-bond donors (Lipinski definition) is 2. The van der Waals surface area contributed by atoms with E-state index in [1.807, 2.05) is 0 Å². The highest BCUT2D eigenvalue weighted by molar-refractivity contribution is 6.48. The monoisotopic (exact) mass is 204 g/mol. The van der Waals surface area contributed by atoms with Crippen LogP contribution in [0, 0.1) is 5.41 Å². The Labute approximate surface area is 82.2 Å². The molecule has 0 radical (unpaired) electrons. The van der Waals surface area contributed by atoms with Crippen molar-refractivity contribution in [1.29, 1.82) is 5.41 Å². The Morgan fingerprint density at radius 2 is 2.08 bits per heavy atom. The van der Waals surface area contributed by atoms with Gasteiger partial charge in [-0.1, -0.05) is 0 Å². The molecule has 0 bridgehead atoms. The van der Waals surface area contributed by atoms with Crippen molar-refractivity contribution in [2.24, 2.45) is 0 Å². The van der Waals surface area contributed by atoms with Gasteiger partial charge in [0.05, 0.1) is 11.6 Å². The fourth-order valence-corrected chi connectivity index (χ4v) is 1.06. The molecule has 2 N–H and O–H groups in total. The number of rotatable bonds is 5. The van der Waals surface area contributed by atoms with Gasteiger partial charge in [0, 0.05) is 19.4 Å². The van der Waals surface area contributed by atoms with Gasteiger partial charge in [-0.15, -0.1) is 11.6 Å². The average Bonchev–Trinajstić information content (AvgIpc) is 2.01. The van der Waals surface area contributed by atoms with E-state index >= 15 is 0 Å². The number of alkyl halides is 1. The van der Waals surface area contributed by atoms with E-state index < -0.39 is 0 Å². The Hall–Kier alpha value is -0.900. The highest BCUT2D eigenvalue weighted by Gasteiger charge is 2.12. The molecule has 0 fully saturated rings. The quantitative estimate of drug-likeness (QED) is 0.512. The summed E-state index contributed by atoms with van der Waals surface area (Å²) in [5.74, 6) is -0.733. The lowest BCUT2D eigenvalue weighted by molar-refractivity contribution is -0.119. The molecule has 0 spiro atoms. The van der Waals surface area contributed by atoms with Crippen molar-refractivity contribution >= 4 is 29.0 Å². The topological polar surface area (TPSA) is 70.0 Å². The summed E-state index contributed by atoms with van der Waals surface area (Å²) in [6.45, 7) is 3.13. The Kier molecular flexibility index (Phi) is 5.30. The van der Waals surface area contributed by atoms with E-state index in [0.717, 1.165) is 0 Å². The van der Waals surface area contributed by atoms with Crippen LogP contribution in [0.2, 0.25) is 0 Å². The highest BCUT2D eigenvalue weighted by atomic mass is 35.5. The van der Waals surface area contributed by atoms with Crippen LogP contribution < -0.4 is 5.32 Å². The summed E-state index contributed by atoms with van der Waals surface area (Å²) in [6, 6.07) is -0.197. The van der Waals surface area contributed by atoms with Gasteiger partial charge in [-0.25, -0.2) is 0 Å². The molecule has 1 amide bonds. The molecule has 1 atom stereocenters. The van der Waals surface area contributed by atoms with Gasteiger partial charge >= 0.3 is 0 Å². The van der Waals surface area contributed by atoms with Crippen LogP contribution in [0.3, 0.4) is 0 Å². The number of amides is 1. The fraction of sp³-hybridized carbons (Fsp3) is 0.625. The molecule has 0 unspecified atom stereocenters. The summed E-state index contributed by atoms with van der Waals surface area (Å²) >= 11 is 5.26. The third kappa shape index (κ3) is 5.36. The molecule has 0 heterocycles. The maximum Gasteiger partial charge on any atom is 0.217 e. The van der Waals surface area contributed by atoms with Gasteiger partial charge in [0.15, 0.2) is 5.78 Å². The van der Waals surface area contributed by atoms with Crippen LogP contribution in [0.1, 0.15) is 20.3 Å². The summed E-state index contributed by atoms with van der Waals surface area (Å²) in [6.07, 6.45) is 0.227. The van der Waals surface area contributed by atoms with Crippen LogP contribution in [0.25, 0.3) is 0 Å². The molecule has 0 rings (SSSR count). The van der Waals surface area contributed by atoms with E-state index in [-0.39, 0.29) is 35.7 Å². The van der Waals surface area contributed by atoms with Gasteiger partial charge in [-0.2, -0.15) is 0 Å². The van der Waals surface area contributed by atoms with Gasteiger partial charge in [0.25, 0.3) is 0 Å². The lowest BCUT2D eigenvalue weighted by atomic mass is 10.1. The summed E-state index contributed by atoms with van der Waals surface area (Å²) in [5, 5.41) is 9.86. The molecular formula is C8H13ClN2O2. The zero-order chi connectivity index (χ0) is 10.4. The first kappa shape index (κ1) is 12.1. The largest absolute Gasteiger partial charge is 0.353 e. The van der Waals surface area contributed by atoms with Crippen LogP contribution in [0.4, 0.5) is 0 Å². The second kappa shape index (κ2) is 5.70. The van der Waals surface area contributed by atoms with Crippen molar-refractivity contribution in [2.75, 3.05) is 5.88 Å². The zero-order valence-electron chi connectivity index (χ0n) is 7.69. The van der Waals surface area contributed by atoms with Gasteiger partial charge in [0.1, 0.15) is 0 Å². The molecular weight excluding hydrogens is 192 g/mol. The normalized spacial score (nSPS) is 11.9. The van der Waals surface area contributed by atoms with Crippen LogP contribution in [-0.2, 0) is 9.59 Å². The van der Waals surface area contributed by atoms with Crippen molar-refractivity contribution in [3.05, 3.63) is 0 Å². The second-order valence-corrected chi connectivity index (χ2v) is 3.11. The molecule has 0 aliphatic carbocycles. The molecule has 5 heteroatoms. The Morgan fingerprint density at radius 3 is 2.46 bits per heavy atom. The van der Waals surface area contributed by atoms with Crippen molar-refractivity contribution < 1.29 is 9.59 Å². The van der Waals surface area contributed by atoms with E-state index in [1.165, 1.54) is 6.92 Å². The number of carbonyl (C=O) groups excluding carboxylic acids is 2. The molecule has 4 nitrogen and oxygen atoms in total. The van der Waals surface area contributed by atoms with Crippen LogP contribution in [0.5, 0.6) is 0 Å². The Morgan fingerprint density at radius 1 is 1.54 bits per heavy atom. The number of Topliss-reactive ketones (excluding diaryl/α,β-unsaturated/α-hetero) is 1. The molecule has 0 aromatic carbocycles. The van der Waals surface area contributed by atoms with E-state index in [2.05, 4.69) is 5.32 Å². The number of ketones is 1. The van der Waals surface area contributed by atoms with E-state index in [0.29, 0.717) is 0 Å². The Bertz CT molecular complexity index is 228. The van der Waals surface area contributed by atoms with Gasteiger partial charge in [-0.05, 0) is 6.92 Å². The van der Waals surface area contributed by atoms with Crippen molar-refractivity contribution in [3.63, 3.8) is 0 Å². The van der Waals surface area contributed by atoms with Crippen molar-refractivity contribution in [2.45, 2.75) is 26.3 Å². The van der Waals surface area contributed by atoms with Crippen LogP contribution in [0.15, 0.2) is 0 Å². The molecule has 13 heavy (non-hydrogen) atoms. The van der Waals surface area contributed by atoms with Crippen molar-refractivity contribution in [1.82, 2.24) is 5.32 Å². The summed E-state index contributed by atoms with van der Waals surface area (Å²) in [5.41, 5.74) is -0.0451. The maximum atomic E-state index is 10.9. The minimum absolute atomic E-state index is 0.0451. The molecule has 0 saturated carbocycles. The van der Waals surface area contributed by atoms with Crippen molar-refractivity contribution in [3.8, 4) is 0 Å². The third-order valence-electron chi connectivity index (χ3n) is 1.42. The molecule has 0 aromatic heterocycles. The van der Waals surface area contributed by atoms with E-state index in [9.17, 15) is 9.59 Å². The maximum absolute atomic E-state index is 10.9. The van der Waals surface area contributed by atoms with Gasteiger partial charge in [0.2, 0.25) is 5.91 Å². The number of halogens is 1. The SMILES string of the molecule is CC(=O)N[C@H](C)CC(=N)C(=O)CCl. The lowest BCUT2D eigenvalue weighted by Gasteiger charge is -2.11. The fourth-order valence-electron chi connectivity index (χ4n) is 0.899. The minimum Gasteiger partial charge on any atom is -0.353 e. The lowest BCUT2D eigenvalue weighted by Crippen LogP contribution is -2.34. The highest BCUT2D eigenvalue weighted by Crippen LogP contribution is 1.95. The summed E-state index contributed by atoms with van der Waals surface area (Å²) in [4.78, 5) is 21.4. The smallest absolute Gasteiger partial charge is 0.217 e. The number of hydrogen-bond acceptors (Lipinski definition) is 3. The van der Waals surface area contributed by atoms with Gasteiger partial charge in [-0.3, -0.25) is 9.59 Å². The number of nitrogens with one attached hydrogen (secondary N) is 2. The molecule has 0 aliphatic rings. The zero-order valence-corrected chi connectivity index (χ0v) is 8.44. The first-order valence-electron chi connectivity index (χ1n) is 3.91. The average molecular weight is 205 g/mol. The number of carbonyl (C=O) groups is 2. The molecule has 74 valence electrons. The van der Waals surface area contributed by atoms with E-state index in [1.54, 1.807) is 6.92 Å². The standard InChI is InChI=1S/C8H13ClN2O2/c1-5(11-6(2)12)3-7(10)8(13)4-9/h5,10H,3-4H2,1-2H3,(H,11,12)/t5-/m1/s1. The van der Waals surface area contributed by atoms with Crippen LogP contribution in [-0.4, -0.2) is 29.3 Å². The van der Waals surface area contributed by atoms with E-state index in [4.69, 9.17) is 17.0 Å². The second-order valence-electron chi connectivity index (χ2n) is 2.84. The predicted molar refractivity (Wildman–Crippen MR) is 51.3 cm³/mol. The summed E-state index contributed by atoms with van der Waals surface area (Å²) < 4.78 is 0. The molecule has 0 saturated heterocycles. The summed E-state index contributed by atoms with van der Waals surface area (Å²) in [7, 11) is 0. The first-order chi connectivity index (χ1) is 5.97. The van der Waals surface area contributed by atoms with Crippen LogP contribution >= 0.6 is 11.6 Å². The Balaban J connectivity index is 3.91. The first-order valence-corrected chi connectivity index (χ1v) is 4.44. The molecule has 0 aliphatic heterocycles. The third-order valence-corrected chi connectivity index (χ3v) is 1.66. The predicted octanol–water partition coefficient (Wildman–Crippen LogP) is 0.729.